The molecule has 0 aliphatic carbocycles. The Morgan fingerprint density at radius 2 is 1.93 bits per heavy atom. The molecule has 0 unspecified atom stereocenters. The Hall–Kier alpha value is -1.02. The number of anilines is 1. The van der Waals surface area contributed by atoms with Gasteiger partial charge in [-0.15, -0.1) is 0 Å². The quantitative estimate of drug-likeness (QED) is 0.661. The Morgan fingerprint density at radius 1 is 1.21 bits per heavy atom. The molecule has 1 heterocycles. The van der Waals surface area contributed by atoms with Gasteiger partial charge >= 0.3 is 0 Å². The van der Waals surface area contributed by atoms with Crippen LogP contribution < -0.4 is 4.90 Å². The standard InChI is InChI=1S/C12H17N2/c1-11-5-3-4-6-12(11)14-9-7-13(2)8-10-14/h3-4,6H,7-10H2,1-2H3. The van der Waals surface area contributed by atoms with Crippen LogP contribution in [0, 0.1) is 13.0 Å². The molecule has 2 rings (SSSR count). The van der Waals surface area contributed by atoms with Gasteiger partial charge in [-0.2, -0.15) is 0 Å². The lowest BCUT2D eigenvalue weighted by molar-refractivity contribution is 0.312. The van der Waals surface area contributed by atoms with Gasteiger partial charge in [0.2, 0.25) is 0 Å². The first kappa shape index (κ1) is 9.53. The average Bonchev–Trinajstić information content (AvgIpc) is 2.20. The van der Waals surface area contributed by atoms with Crippen molar-refractivity contribution in [2.75, 3.05) is 38.1 Å². The number of likely N-dealkylation sites (N-methyl/N-ethyl adjacent to an activating group) is 1. The fourth-order valence-electron chi connectivity index (χ4n) is 1.90. The fraction of sp³-hybridized carbons (Fsp3) is 0.500. The summed E-state index contributed by atoms with van der Waals surface area (Å²) < 4.78 is 0. The lowest BCUT2D eigenvalue weighted by Gasteiger charge is -2.34. The van der Waals surface area contributed by atoms with Crippen molar-refractivity contribution in [3.05, 3.63) is 29.8 Å². The molecule has 0 atom stereocenters. The van der Waals surface area contributed by atoms with E-state index in [0.29, 0.717) is 0 Å². The van der Waals surface area contributed by atoms with E-state index in [1.165, 1.54) is 11.3 Å². The first-order valence-corrected chi connectivity index (χ1v) is 5.18. The third-order valence-electron chi connectivity index (χ3n) is 2.88. The second kappa shape index (κ2) is 4.01. The highest BCUT2D eigenvalue weighted by atomic mass is 15.2. The maximum atomic E-state index is 3.25. The molecule has 1 aliphatic heterocycles. The van der Waals surface area contributed by atoms with E-state index < -0.39 is 0 Å². The second-order valence-corrected chi connectivity index (χ2v) is 3.97. The van der Waals surface area contributed by atoms with Gasteiger partial charge in [0.25, 0.3) is 0 Å². The average molecular weight is 189 g/mol. The van der Waals surface area contributed by atoms with Gasteiger partial charge in [0.15, 0.2) is 0 Å². The van der Waals surface area contributed by atoms with E-state index in [2.05, 4.69) is 42.0 Å². The lowest BCUT2D eigenvalue weighted by atomic mass is 10.1. The van der Waals surface area contributed by atoms with Crippen LogP contribution in [0.1, 0.15) is 5.56 Å². The minimum absolute atomic E-state index is 1.13. The van der Waals surface area contributed by atoms with E-state index in [-0.39, 0.29) is 0 Å². The van der Waals surface area contributed by atoms with E-state index in [1.807, 2.05) is 6.07 Å². The van der Waals surface area contributed by atoms with E-state index >= 15 is 0 Å². The number of piperazine rings is 1. The van der Waals surface area contributed by atoms with Crippen LogP contribution in [0.25, 0.3) is 0 Å². The van der Waals surface area contributed by atoms with Crippen LogP contribution in [0.2, 0.25) is 0 Å². The Labute approximate surface area is 86.1 Å². The van der Waals surface area contributed by atoms with Crippen LogP contribution in [-0.2, 0) is 0 Å². The van der Waals surface area contributed by atoms with Gasteiger partial charge in [-0.3, -0.25) is 0 Å². The Bertz CT molecular complexity index is 301. The van der Waals surface area contributed by atoms with Gasteiger partial charge in [0, 0.05) is 31.9 Å². The molecule has 0 spiro atoms. The molecule has 1 aliphatic rings. The van der Waals surface area contributed by atoms with Crippen LogP contribution in [0.15, 0.2) is 18.2 Å². The van der Waals surface area contributed by atoms with Crippen molar-refractivity contribution in [2.24, 2.45) is 0 Å². The Morgan fingerprint density at radius 3 is 2.57 bits per heavy atom. The molecule has 1 saturated heterocycles. The molecule has 1 radical (unpaired) electrons. The summed E-state index contributed by atoms with van der Waals surface area (Å²) >= 11 is 0. The zero-order chi connectivity index (χ0) is 9.97. The highest BCUT2D eigenvalue weighted by molar-refractivity contribution is 5.52. The van der Waals surface area contributed by atoms with Crippen molar-refractivity contribution in [1.29, 1.82) is 0 Å². The van der Waals surface area contributed by atoms with Crippen molar-refractivity contribution in [2.45, 2.75) is 6.92 Å². The van der Waals surface area contributed by atoms with Gasteiger partial charge in [0.05, 0.1) is 0 Å². The third-order valence-corrected chi connectivity index (χ3v) is 2.88. The zero-order valence-corrected chi connectivity index (χ0v) is 8.95. The fourth-order valence-corrected chi connectivity index (χ4v) is 1.90. The summed E-state index contributed by atoms with van der Waals surface area (Å²) in [6.07, 6.45) is 0. The number of benzene rings is 1. The number of hydrogen-bond donors (Lipinski definition) is 0. The zero-order valence-electron chi connectivity index (χ0n) is 8.95. The summed E-state index contributed by atoms with van der Waals surface area (Å²) in [6.45, 7) is 6.72. The van der Waals surface area contributed by atoms with Gasteiger partial charge in [-0.1, -0.05) is 12.1 Å². The summed E-state index contributed by atoms with van der Waals surface area (Å²) in [4.78, 5) is 4.82. The predicted octanol–water partition coefficient (Wildman–Crippen LogP) is 1.55. The number of hydrogen-bond acceptors (Lipinski definition) is 2. The number of aryl methyl sites for hydroxylation is 1. The summed E-state index contributed by atoms with van der Waals surface area (Å²) in [6, 6.07) is 9.50. The molecule has 2 heteroatoms. The molecule has 0 N–H and O–H groups in total. The van der Waals surface area contributed by atoms with Gasteiger partial charge in [0.1, 0.15) is 0 Å². The molecular formula is C12H17N2. The Balaban J connectivity index is 2.12. The number of rotatable bonds is 1. The first-order valence-electron chi connectivity index (χ1n) is 5.18. The van der Waals surface area contributed by atoms with Crippen molar-refractivity contribution >= 4 is 5.69 Å². The SMILES string of the molecule is Cc1[c]cccc1N1CCN(C)CC1. The lowest BCUT2D eigenvalue weighted by Crippen LogP contribution is -2.44. The minimum atomic E-state index is 1.13. The molecule has 1 aromatic carbocycles. The van der Waals surface area contributed by atoms with E-state index in [9.17, 15) is 0 Å². The molecule has 1 fully saturated rings. The largest absolute Gasteiger partial charge is 0.369 e. The van der Waals surface area contributed by atoms with Crippen molar-refractivity contribution < 1.29 is 0 Å². The van der Waals surface area contributed by atoms with Crippen molar-refractivity contribution in [3.63, 3.8) is 0 Å². The minimum Gasteiger partial charge on any atom is -0.369 e. The molecule has 0 bridgehead atoms. The van der Waals surface area contributed by atoms with E-state index in [4.69, 9.17) is 0 Å². The molecule has 2 nitrogen and oxygen atoms in total. The summed E-state index contributed by atoms with van der Waals surface area (Å²) in [5, 5.41) is 0. The van der Waals surface area contributed by atoms with Gasteiger partial charge < -0.3 is 9.80 Å². The van der Waals surface area contributed by atoms with Crippen molar-refractivity contribution in [1.82, 2.24) is 4.90 Å². The van der Waals surface area contributed by atoms with Crippen LogP contribution >= 0.6 is 0 Å². The maximum Gasteiger partial charge on any atom is 0.0403 e. The molecule has 0 aromatic heterocycles. The highest BCUT2D eigenvalue weighted by Crippen LogP contribution is 2.19. The summed E-state index contributed by atoms with van der Waals surface area (Å²) in [5.74, 6) is 0. The molecule has 0 amide bonds. The molecule has 75 valence electrons. The highest BCUT2D eigenvalue weighted by Gasteiger charge is 2.14. The smallest absolute Gasteiger partial charge is 0.0403 e. The third kappa shape index (κ3) is 1.90. The van der Waals surface area contributed by atoms with Gasteiger partial charge in [-0.05, 0) is 31.7 Å². The molecule has 14 heavy (non-hydrogen) atoms. The van der Waals surface area contributed by atoms with Crippen LogP contribution in [-0.4, -0.2) is 38.1 Å². The van der Waals surface area contributed by atoms with Crippen LogP contribution in [0.4, 0.5) is 5.69 Å². The van der Waals surface area contributed by atoms with Crippen molar-refractivity contribution in [3.8, 4) is 0 Å². The van der Waals surface area contributed by atoms with E-state index in [1.54, 1.807) is 0 Å². The molecule has 0 saturated carbocycles. The van der Waals surface area contributed by atoms with Crippen LogP contribution in [0.5, 0.6) is 0 Å². The van der Waals surface area contributed by atoms with Crippen LogP contribution in [0.3, 0.4) is 0 Å². The topological polar surface area (TPSA) is 6.48 Å². The molecule has 1 aromatic rings. The maximum absolute atomic E-state index is 3.25. The normalized spacial score (nSPS) is 18.6. The van der Waals surface area contributed by atoms with Gasteiger partial charge in [-0.25, -0.2) is 0 Å². The summed E-state index contributed by atoms with van der Waals surface area (Å²) in [5.41, 5.74) is 2.61. The first-order chi connectivity index (χ1) is 6.77. The second-order valence-electron chi connectivity index (χ2n) is 3.97. The summed E-state index contributed by atoms with van der Waals surface area (Å²) in [7, 11) is 2.18. The van der Waals surface area contributed by atoms with E-state index in [0.717, 1.165) is 26.2 Å². The Kier molecular flexibility index (Phi) is 2.73. The molecular weight excluding hydrogens is 172 g/mol. The number of nitrogens with zero attached hydrogens (tertiary/aromatic N) is 2. The predicted molar refractivity (Wildman–Crippen MR) is 59.7 cm³/mol. The monoisotopic (exact) mass is 189 g/mol.